The highest BCUT2D eigenvalue weighted by atomic mass is 32.1. The second-order valence-electron chi connectivity index (χ2n) is 12.8. The van der Waals surface area contributed by atoms with Crippen molar-refractivity contribution >= 4 is 39.4 Å². The van der Waals surface area contributed by atoms with Crippen LogP contribution in [0.1, 0.15) is 46.7 Å². The molecule has 3 N–H and O–H groups in total. The van der Waals surface area contributed by atoms with E-state index in [-0.39, 0.29) is 31.6 Å². The van der Waals surface area contributed by atoms with Crippen LogP contribution in [0.2, 0.25) is 0 Å². The lowest BCUT2D eigenvalue weighted by Crippen LogP contribution is -2.43. The number of ether oxygens (including phenoxy) is 3. The minimum atomic E-state index is -4.46. The Morgan fingerprint density at radius 1 is 1.16 bits per heavy atom. The minimum absolute atomic E-state index is 0.0756. The highest BCUT2D eigenvalue weighted by Crippen LogP contribution is 2.44. The van der Waals surface area contributed by atoms with E-state index in [1.165, 1.54) is 16.2 Å². The number of fused-ring (bicyclic) bond motifs is 2. The van der Waals surface area contributed by atoms with Crippen LogP contribution in [-0.2, 0) is 14.2 Å². The van der Waals surface area contributed by atoms with Crippen LogP contribution in [0.15, 0.2) is 24.3 Å². The zero-order chi connectivity index (χ0) is 32.7. The molecule has 5 rings (SSSR count). The molecule has 2 aliphatic rings. The molecular formula is C30H39F3N6O5S. The summed E-state index contributed by atoms with van der Waals surface area (Å²) in [5.74, 6) is -1.00. The first kappa shape index (κ1) is 33.1. The normalized spacial score (nSPS) is 22.8. The summed E-state index contributed by atoms with van der Waals surface area (Å²) in [5, 5.41) is 16.1. The molecule has 45 heavy (non-hydrogen) atoms. The molecule has 1 aromatic carbocycles. The molecule has 2 fully saturated rings. The predicted octanol–water partition coefficient (Wildman–Crippen LogP) is 5.59. The van der Waals surface area contributed by atoms with Gasteiger partial charge in [-0.05, 0) is 60.1 Å². The zero-order valence-electron chi connectivity index (χ0n) is 26.1. The molecule has 0 bridgehead atoms. The number of hydrogen-bond acceptors (Lipinski definition) is 11. The summed E-state index contributed by atoms with van der Waals surface area (Å²) in [5.41, 5.74) is 1.08. The Bertz CT molecular complexity index is 1490. The van der Waals surface area contributed by atoms with E-state index in [0.29, 0.717) is 28.5 Å². The van der Waals surface area contributed by atoms with Crippen molar-refractivity contribution in [1.29, 1.82) is 0 Å². The zero-order valence-corrected chi connectivity index (χ0v) is 26.9. The van der Waals surface area contributed by atoms with Crippen molar-refractivity contribution < 1.29 is 37.3 Å². The lowest BCUT2D eigenvalue weighted by Gasteiger charge is -2.30. The number of rotatable bonds is 9. The Kier molecular flexibility index (Phi) is 9.19. The van der Waals surface area contributed by atoms with E-state index in [1.807, 2.05) is 24.3 Å². The number of amides is 1. The Balaban J connectivity index is 1.48. The van der Waals surface area contributed by atoms with E-state index in [4.69, 9.17) is 19.2 Å². The maximum absolute atomic E-state index is 13.1. The summed E-state index contributed by atoms with van der Waals surface area (Å²) in [6.07, 6.45) is -5.42. The number of aromatic nitrogens is 3. The molecule has 3 heterocycles. The summed E-state index contributed by atoms with van der Waals surface area (Å²) in [7, 11) is 0. The number of carbonyl (C=O) groups is 1. The number of aliphatic hydroxyl groups is 1. The molecule has 3 aromatic rings. The Morgan fingerprint density at radius 2 is 1.87 bits per heavy atom. The number of anilines is 2. The van der Waals surface area contributed by atoms with Gasteiger partial charge in [0.15, 0.2) is 5.79 Å². The van der Waals surface area contributed by atoms with Crippen LogP contribution in [-0.4, -0.2) is 93.1 Å². The van der Waals surface area contributed by atoms with Gasteiger partial charge in [0.1, 0.15) is 29.1 Å². The van der Waals surface area contributed by atoms with Crippen LogP contribution < -0.4 is 10.6 Å². The molecular weight excluding hydrogens is 613 g/mol. The summed E-state index contributed by atoms with van der Waals surface area (Å²) < 4.78 is 58.4. The number of halogens is 3. The smallest absolute Gasteiger partial charge is 0.410 e. The maximum Gasteiger partial charge on any atom is 0.410 e. The Morgan fingerprint density at radius 3 is 2.53 bits per heavy atom. The van der Waals surface area contributed by atoms with Crippen molar-refractivity contribution in [3.8, 4) is 10.6 Å². The van der Waals surface area contributed by atoms with Crippen LogP contribution >= 0.6 is 11.3 Å². The number of aliphatic hydroxyl groups excluding tert-OH is 1. The van der Waals surface area contributed by atoms with Crippen LogP contribution in [0.25, 0.3) is 20.8 Å². The lowest BCUT2D eigenvalue weighted by molar-refractivity contribution is -0.157. The van der Waals surface area contributed by atoms with Crippen LogP contribution in [0, 0.1) is 12.8 Å². The van der Waals surface area contributed by atoms with E-state index in [2.05, 4.69) is 20.6 Å². The molecule has 11 nitrogen and oxygen atoms in total. The average Bonchev–Trinajstić information content (AvgIpc) is 3.57. The van der Waals surface area contributed by atoms with Crippen molar-refractivity contribution in [2.24, 2.45) is 5.92 Å². The predicted molar refractivity (Wildman–Crippen MR) is 164 cm³/mol. The van der Waals surface area contributed by atoms with Crippen molar-refractivity contribution in [1.82, 2.24) is 19.9 Å². The van der Waals surface area contributed by atoms with Gasteiger partial charge >= 0.3 is 12.3 Å². The fourth-order valence-electron chi connectivity index (χ4n) is 5.74. The van der Waals surface area contributed by atoms with Gasteiger partial charge in [-0.15, -0.1) is 11.3 Å². The lowest BCUT2D eigenvalue weighted by atomic mass is 10.0. The molecule has 0 radical (unpaired) electrons. The highest BCUT2D eigenvalue weighted by Gasteiger charge is 2.54. The standard InChI is InChI=1S/C30H39F3N6O5S/c1-16-21(25-37-18-9-7-8-10-20(18)45-25)24(38-26(35-16)34-15-30(31,32)33)36-19-13-17(22-23(19)43-29(5,6)42-22)14-39(11-12-40)27(41)44-28(2,3)4/h7-10,17,19,22-23,40H,11-15H2,1-6H3,(H2,34,35,36,38). The van der Waals surface area contributed by atoms with Crippen LogP contribution in [0.3, 0.4) is 0 Å². The molecule has 1 saturated carbocycles. The largest absolute Gasteiger partial charge is 0.444 e. The molecule has 2 aromatic heterocycles. The van der Waals surface area contributed by atoms with E-state index >= 15 is 0 Å². The second kappa shape index (κ2) is 12.5. The fraction of sp³-hybridized carbons (Fsp3) is 0.600. The van der Waals surface area contributed by atoms with Gasteiger partial charge in [-0.3, -0.25) is 0 Å². The molecule has 15 heteroatoms. The summed E-state index contributed by atoms with van der Waals surface area (Å²) >= 11 is 1.43. The number of benzene rings is 1. The topological polar surface area (TPSA) is 131 Å². The quantitative estimate of drug-likeness (QED) is 0.269. The fourth-order valence-corrected chi connectivity index (χ4v) is 6.80. The van der Waals surface area contributed by atoms with Gasteiger partial charge in [0.2, 0.25) is 5.95 Å². The van der Waals surface area contributed by atoms with Crippen molar-refractivity contribution in [3.05, 3.63) is 30.0 Å². The van der Waals surface area contributed by atoms with E-state index in [9.17, 15) is 23.1 Å². The Labute approximate surface area is 263 Å². The molecule has 1 aliphatic carbocycles. The van der Waals surface area contributed by atoms with Gasteiger partial charge in [-0.1, -0.05) is 12.1 Å². The third-order valence-corrected chi connectivity index (χ3v) is 8.48. The minimum Gasteiger partial charge on any atom is -0.444 e. The Hall–Kier alpha value is -3.27. The van der Waals surface area contributed by atoms with Gasteiger partial charge in [0.25, 0.3) is 0 Å². The van der Waals surface area contributed by atoms with Crippen LogP contribution in [0.4, 0.5) is 29.7 Å². The highest BCUT2D eigenvalue weighted by molar-refractivity contribution is 7.21. The first-order chi connectivity index (χ1) is 21.0. The molecule has 246 valence electrons. The van der Waals surface area contributed by atoms with Gasteiger partial charge < -0.3 is 34.9 Å². The number of hydrogen-bond donors (Lipinski definition) is 3. The number of nitrogens with one attached hydrogen (secondary N) is 2. The van der Waals surface area contributed by atoms with Gasteiger partial charge in [0, 0.05) is 19.0 Å². The van der Waals surface area contributed by atoms with Gasteiger partial charge in [0.05, 0.1) is 40.2 Å². The van der Waals surface area contributed by atoms with Crippen molar-refractivity contribution in [2.75, 3.05) is 36.9 Å². The molecule has 1 amide bonds. The van der Waals surface area contributed by atoms with E-state index in [0.717, 1.165) is 10.2 Å². The summed E-state index contributed by atoms with van der Waals surface area (Å²) in [4.78, 5) is 28.1. The number of thiazole rings is 1. The number of carbonyl (C=O) groups excluding carboxylic acids is 1. The van der Waals surface area contributed by atoms with E-state index < -0.39 is 48.5 Å². The van der Waals surface area contributed by atoms with Gasteiger partial charge in [-0.2, -0.15) is 18.2 Å². The third kappa shape index (κ3) is 7.94. The third-order valence-electron chi connectivity index (χ3n) is 7.42. The molecule has 0 spiro atoms. The maximum atomic E-state index is 13.1. The average molecular weight is 653 g/mol. The van der Waals surface area contributed by atoms with Crippen molar-refractivity contribution in [3.63, 3.8) is 0 Å². The molecule has 4 unspecified atom stereocenters. The SMILES string of the molecule is Cc1nc(NCC(F)(F)F)nc(NC2CC(CN(CCO)C(=O)OC(C)(C)C)C3OC(C)(C)OC23)c1-c1nc2ccccc2s1. The van der Waals surface area contributed by atoms with E-state index in [1.54, 1.807) is 41.5 Å². The molecule has 1 saturated heterocycles. The molecule has 4 atom stereocenters. The second-order valence-corrected chi connectivity index (χ2v) is 13.8. The molecule has 1 aliphatic heterocycles. The number of aryl methyl sites for hydroxylation is 1. The number of para-hydroxylation sites is 1. The van der Waals surface area contributed by atoms with Crippen molar-refractivity contribution in [2.45, 2.75) is 83.8 Å². The summed E-state index contributed by atoms with van der Waals surface area (Å²) in [6.45, 7) is 9.41. The van der Waals surface area contributed by atoms with Crippen LogP contribution in [0.5, 0.6) is 0 Å². The first-order valence-corrected chi connectivity index (χ1v) is 15.6. The first-order valence-electron chi connectivity index (χ1n) is 14.8. The summed E-state index contributed by atoms with van der Waals surface area (Å²) in [6, 6.07) is 7.23. The number of nitrogens with zero attached hydrogens (tertiary/aromatic N) is 4. The van der Waals surface area contributed by atoms with Gasteiger partial charge in [-0.25, -0.2) is 14.8 Å². The number of alkyl halides is 3. The monoisotopic (exact) mass is 652 g/mol.